The van der Waals surface area contributed by atoms with E-state index in [2.05, 4.69) is 4.99 Å². The summed E-state index contributed by atoms with van der Waals surface area (Å²) in [5, 5.41) is 0. The number of hydrogen-bond donors (Lipinski definition) is 0. The van der Waals surface area contributed by atoms with E-state index in [0.717, 1.165) is 18.9 Å². The number of rotatable bonds is 0. The molecule has 0 bridgehead atoms. The van der Waals surface area contributed by atoms with Crippen LogP contribution in [0.15, 0.2) is 4.99 Å². The lowest BCUT2D eigenvalue weighted by molar-refractivity contribution is 0.386. The lowest BCUT2D eigenvalue weighted by Gasteiger charge is -2.01. The van der Waals surface area contributed by atoms with Crippen molar-refractivity contribution >= 4 is 5.90 Å². The molecular weight excluding hydrogens is 138 g/mol. The molecule has 0 saturated carbocycles. The van der Waals surface area contributed by atoms with E-state index in [1.807, 2.05) is 0 Å². The van der Waals surface area contributed by atoms with Crippen LogP contribution in [0.2, 0.25) is 0 Å². The summed E-state index contributed by atoms with van der Waals surface area (Å²) in [4.78, 5) is 4.36. The molecular formula is C9H17NO. The minimum Gasteiger partial charge on any atom is -0.484 e. The van der Waals surface area contributed by atoms with Crippen molar-refractivity contribution in [2.45, 2.75) is 38.5 Å². The first-order valence-corrected chi connectivity index (χ1v) is 4.51. The van der Waals surface area contributed by atoms with Gasteiger partial charge in [-0.1, -0.05) is 19.3 Å². The molecule has 0 aromatic rings. The average molecular weight is 155 g/mol. The Morgan fingerprint density at radius 1 is 1.09 bits per heavy atom. The summed E-state index contributed by atoms with van der Waals surface area (Å²) < 4.78 is 5.13. The van der Waals surface area contributed by atoms with Crippen molar-refractivity contribution in [2.24, 2.45) is 4.99 Å². The highest BCUT2D eigenvalue weighted by atomic mass is 16.5. The van der Waals surface area contributed by atoms with Crippen LogP contribution in [-0.4, -0.2) is 19.6 Å². The highest BCUT2D eigenvalue weighted by molar-refractivity contribution is 5.75. The summed E-state index contributed by atoms with van der Waals surface area (Å²) in [5.41, 5.74) is 0. The maximum absolute atomic E-state index is 5.13. The predicted octanol–water partition coefficient (Wildman–Crippen LogP) is 2.39. The minimum atomic E-state index is 0.951. The highest BCUT2D eigenvalue weighted by Gasteiger charge is 2.00. The molecule has 1 aliphatic rings. The Morgan fingerprint density at radius 3 is 2.64 bits per heavy atom. The van der Waals surface area contributed by atoms with Crippen LogP contribution in [0.1, 0.15) is 38.5 Å². The Kier molecular flexibility index (Phi) is 4.02. The Balaban J connectivity index is 2.34. The molecule has 0 aromatic carbocycles. The van der Waals surface area contributed by atoms with Crippen molar-refractivity contribution < 1.29 is 4.74 Å². The molecule has 0 unspecified atom stereocenters. The first-order valence-electron chi connectivity index (χ1n) is 4.51. The number of methoxy groups -OCH3 is 1. The smallest absolute Gasteiger partial charge is 0.182 e. The van der Waals surface area contributed by atoms with Gasteiger partial charge in [-0.2, -0.15) is 0 Å². The van der Waals surface area contributed by atoms with Gasteiger partial charge in [0.2, 0.25) is 0 Å². The van der Waals surface area contributed by atoms with Crippen LogP contribution >= 0.6 is 0 Å². The van der Waals surface area contributed by atoms with Crippen molar-refractivity contribution in [1.82, 2.24) is 0 Å². The molecule has 0 aromatic heterocycles. The summed E-state index contributed by atoms with van der Waals surface area (Å²) in [7, 11) is 1.72. The summed E-state index contributed by atoms with van der Waals surface area (Å²) in [5.74, 6) is 0.951. The maximum Gasteiger partial charge on any atom is 0.182 e. The van der Waals surface area contributed by atoms with E-state index in [-0.39, 0.29) is 0 Å². The average Bonchev–Trinajstić information content (AvgIpc) is 2.16. The first kappa shape index (κ1) is 8.57. The van der Waals surface area contributed by atoms with Crippen molar-refractivity contribution in [3.8, 4) is 0 Å². The summed E-state index contributed by atoms with van der Waals surface area (Å²) in [6, 6.07) is 0. The van der Waals surface area contributed by atoms with Crippen LogP contribution < -0.4 is 0 Å². The van der Waals surface area contributed by atoms with Crippen LogP contribution in [0.3, 0.4) is 0 Å². The largest absolute Gasteiger partial charge is 0.484 e. The van der Waals surface area contributed by atoms with Gasteiger partial charge >= 0.3 is 0 Å². The standard InChI is InChI=1S/C9H17NO/c1-11-9-7-5-3-2-4-6-8-10-9/h2-8H2,1H3/b10-9-. The van der Waals surface area contributed by atoms with Gasteiger partial charge in [0.1, 0.15) is 0 Å². The van der Waals surface area contributed by atoms with E-state index >= 15 is 0 Å². The van der Waals surface area contributed by atoms with Crippen LogP contribution in [0.4, 0.5) is 0 Å². The van der Waals surface area contributed by atoms with Gasteiger partial charge in [-0.25, -0.2) is 0 Å². The van der Waals surface area contributed by atoms with Crippen LogP contribution in [0, 0.1) is 0 Å². The van der Waals surface area contributed by atoms with Gasteiger partial charge < -0.3 is 4.74 Å². The number of nitrogens with zero attached hydrogens (tertiary/aromatic N) is 1. The zero-order valence-electron chi connectivity index (χ0n) is 7.31. The second-order valence-electron chi connectivity index (χ2n) is 3.00. The summed E-state index contributed by atoms with van der Waals surface area (Å²) in [6.07, 6.45) is 7.55. The van der Waals surface area contributed by atoms with Gasteiger partial charge in [0.15, 0.2) is 5.90 Å². The third kappa shape index (κ3) is 3.40. The van der Waals surface area contributed by atoms with E-state index in [1.165, 1.54) is 32.1 Å². The SMILES string of the molecule is CO/C1=N\CCCCCCC1. The first-order chi connectivity index (χ1) is 5.43. The third-order valence-electron chi connectivity index (χ3n) is 2.07. The molecule has 0 fully saturated rings. The molecule has 64 valence electrons. The number of hydrogen-bond acceptors (Lipinski definition) is 2. The number of ether oxygens (including phenoxy) is 1. The molecule has 0 aliphatic carbocycles. The second kappa shape index (κ2) is 5.16. The van der Waals surface area contributed by atoms with Gasteiger partial charge in [-0.05, 0) is 12.8 Å². The van der Waals surface area contributed by atoms with Gasteiger partial charge in [0.25, 0.3) is 0 Å². The Bertz CT molecular complexity index is 132. The third-order valence-corrected chi connectivity index (χ3v) is 2.07. The molecule has 1 heterocycles. The molecule has 0 atom stereocenters. The van der Waals surface area contributed by atoms with E-state index in [4.69, 9.17) is 4.74 Å². The van der Waals surface area contributed by atoms with Gasteiger partial charge in [0, 0.05) is 13.0 Å². The Hall–Kier alpha value is -0.530. The molecule has 2 nitrogen and oxygen atoms in total. The molecule has 0 amide bonds. The Labute approximate surface area is 68.7 Å². The van der Waals surface area contributed by atoms with Crippen LogP contribution in [0.25, 0.3) is 0 Å². The highest BCUT2D eigenvalue weighted by Crippen LogP contribution is 2.09. The van der Waals surface area contributed by atoms with E-state index in [1.54, 1.807) is 7.11 Å². The molecule has 2 heteroatoms. The fourth-order valence-corrected chi connectivity index (χ4v) is 1.37. The zero-order chi connectivity index (χ0) is 7.94. The van der Waals surface area contributed by atoms with Crippen molar-refractivity contribution in [3.63, 3.8) is 0 Å². The minimum absolute atomic E-state index is 0.951. The topological polar surface area (TPSA) is 21.6 Å². The fourth-order valence-electron chi connectivity index (χ4n) is 1.37. The molecule has 0 radical (unpaired) electrons. The van der Waals surface area contributed by atoms with Crippen molar-refractivity contribution in [3.05, 3.63) is 0 Å². The van der Waals surface area contributed by atoms with E-state index < -0.39 is 0 Å². The molecule has 0 saturated heterocycles. The summed E-state index contributed by atoms with van der Waals surface area (Å²) >= 11 is 0. The fraction of sp³-hybridized carbons (Fsp3) is 0.889. The second-order valence-corrected chi connectivity index (χ2v) is 3.00. The van der Waals surface area contributed by atoms with Crippen molar-refractivity contribution in [1.29, 1.82) is 0 Å². The molecule has 1 rings (SSSR count). The molecule has 11 heavy (non-hydrogen) atoms. The monoisotopic (exact) mass is 155 g/mol. The van der Waals surface area contributed by atoms with Crippen LogP contribution in [-0.2, 0) is 4.74 Å². The summed E-state index contributed by atoms with van der Waals surface area (Å²) in [6.45, 7) is 0.961. The molecule has 1 aliphatic heterocycles. The number of aliphatic imine (C=N–C) groups is 1. The van der Waals surface area contributed by atoms with Gasteiger partial charge in [0.05, 0.1) is 7.11 Å². The van der Waals surface area contributed by atoms with E-state index in [0.29, 0.717) is 0 Å². The Morgan fingerprint density at radius 2 is 1.82 bits per heavy atom. The normalized spacial score (nSPS) is 25.7. The predicted molar refractivity (Wildman–Crippen MR) is 47.0 cm³/mol. The van der Waals surface area contributed by atoms with Gasteiger partial charge in [-0.15, -0.1) is 0 Å². The maximum atomic E-state index is 5.13. The van der Waals surface area contributed by atoms with Crippen LogP contribution in [0.5, 0.6) is 0 Å². The zero-order valence-corrected chi connectivity index (χ0v) is 7.31. The lowest BCUT2D eigenvalue weighted by Crippen LogP contribution is -2.01. The quantitative estimate of drug-likeness (QED) is 0.526. The molecule has 0 spiro atoms. The molecule has 0 N–H and O–H groups in total. The van der Waals surface area contributed by atoms with E-state index in [9.17, 15) is 0 Å². The van der Waals surface area contributed by atoms with Gasteiger partial charge in [-0.3, -0.25) is 4.99 Å². The lowest BCUT2D eigenvalue weighted by atomic mass is 10.1. The van der Waals surface area contributed by atoms with Crippen molar-refractivity contribution in [2.75, 3.05) is 13.7 Å².